The summed E-state index contributed by atoms with van der Waals surface area (Å²) in [6.07, 6.45) is 2.20. The first kappa shape index (κ1) is 25.1. The van der Waals surface area contributed by atoms with Crippen molar-refractivity contribution in [3.63, 3.8) is 0 Å². The standard InChI is InChI=1S/C23H30FN3O5S/c1-16(18-8-9-21(24)20-7-5-4-6-19(18)20)26-12-10-17(11-13-26)27(33(3,30)31)15-22(28)25-14-23(29)32-2/h4-9,16-17H,10-15H2,1-3H3,(H,25,28). The Kier molecular flexibility index (Phi) is 8.04. The summed E-state index contributed by atoms with van der Waals surface area (Å²) < 4.78 is 44.7. The van der Waals surface area contributed by atoms with Crippen LogP contribution in [0.1, 0.15) is 31.4 Å². The Morgan fingerprint density at radius 3 is 2.42 bits per heavy atom. The van der Waals surface area contributed by atoms with Crippen LogP contribution in [0.15, 0.2) is 36.4 Å². The van der Waals surface area contributed by atoms with Crippen molar-refractivity contribution < 1.29 is 27.1 Å². The summed E-state index contributed by atoms with van der Waals surface area (Å²) in [6, 6.07) is 10.4. The van der Waals surface area contributed by atoms with Gasteiger partial charge in [0.2, 0.25) is 15.9 Å². The van der Waals surface area contributed by atoms with E-state index in [1.54, 1.807) is 6.07 Å². The van der Waals surface area contributed by atoms with Gasteiger partial charge in [-0.05, 0) is 36.8 Å². The molecule has 0 spiro atoms. The Labute approximate surface area is 193 Å². The lowest BCUT2D eigenvalue weighted by atomic mass is 9.96. The zero-order chi connectivity index (χ0) is 24.2. The quantitative estimate of drug-likeness (QED) is 0.583. The molecule has 0 radical (unpaired) electrons. The molecule has 33 heavy (non-hydrogen) atoms. The van der Waals surface area contributed by atoms with Gasteiger partial charge in [0.15, 0.2) is 0 Å². The number of hydrogen-bond acceptors (Lipinski definition) is 6. The Balaban J connectivity index is 1.67. The molecule has 1 saturated heterocycles. The molecule has 10 heteroatoms. The maximum Gasteiger partial charge on any atom is 0.325 e. The van der Waals surface area contributed by atoms with Crippen LogP contribution < -0.4 is 5.32 Å². The Hall–Kier alpha value is -2.56. The molecular weight excluding hydrogens is 449 g/mol. The number of amides is 1. The minimum atomic E-state index is -3.63. The van der Waals surface area contributed by atoms with Gasteiger partial charge in [-0.2, -0.15) is 4.31 Å². The number of nitrogens with zero attached hydrogens (tertiary/aromatic N) is 2. The Morgan fingerprint density at radius 2 is 1.82 bits per heavy atom. The SMILES string of the molecule is COC(=O)CNC(=O)CN(C1CCN(C(C)c2ccc(F)c3ccccc23)CC1)S(C)(=O)=O. The number of benzene rings is 2. The summed E-state index contributed by atoms with van der Waals surface area (Å²) in [5.74, 6) is -1.42. The third kappa shape index (κ3) is 6.07. The summed E-state index contributed by atoms with van der Waals surface area (Å²) in [5.41, 5.74) is 1.02. The van der Waals surface area contributed by atoms with Crippen LogP contribution in [0.25, 0.3) is 10.8 Å². The van der Waals surface area contributed by atoms with Gasteiger partial charge in [0, 0.05) is 30.6 Å². The van der Waals surface area contributed by atoms with Gasteiger partial charge in [-0.3, -0.25) is 14.5 Å². The fourth-order valence-electron chi connectivity index (χ4n) is 4.37. The first-order chi connectivity index (χ1) is 15.6. The number of methoxy groups -OCH3 is 1. The van der Waals surface area contributed by atoms with Gasteiger partial charge in [-0.25, -0.2) is 12.8 Å². The lowest BCUT2D eigenvalue weighted by molar-refractivity contribution is -0.141. The summed E-state index contributed by atoms with van der Waals surface area (Å²) in [5, 5.41) is 3.83. The molecule has 0 aromatic heterocycles. The maximum absolute atomic E-state index is 14.2. The molecule has 2 aromatic rings. The third-order valence-electron chi connectivity index (χ3n) is 6.19. The molecule has 1 atom stereocenters. The predicted molar refractivity (Wildman–Crippen MR) is 123 cm³/mol. The number of piperidine rings is 1. The van der Waals surface area contributed by atoms with E-state index in [9.17, 15) is 22.4 Å². The van der Waals surface area contributed by atoms with Crippen LogP contribution in [0, 0.1) is 5.82 Å². The first-order valence-electron chi connectivity index (χ1n) is 10.8. The number of esters is 1. The topological polar surface area (TPSA) is 96.0 Å². The van der Waals surface area contributed by atoms with E-state index in [1.165, 1.54) is 17.5 Å². The van der Waals surface area contributed by atoms with Gasteiger partial charge in [-0.1, -0.05) is 30.3 Å². The number of halogens is 1. The molecule has 0 aliphatic carbocycles. The summed E-state index contributed by atoms with van der Waals surface area (Å²) >= 11 is 0. The lowest BCUT2D eigenvalue weighted by Crippen LogP contribution is -2.51. The Morgan fingerprint density at radius 1 is 1.18 bits per heavy atom. The van der Waals surface area contributed by atoms with Crippen molar-refractivity contribution in [3.8, 4) is 0 Å². The number of sulfonamides is 1. The highest BCUT2D eigenvalue weighted by atomic mass is 32.2. The van der Waals surface area contributed by atoms with E-state index in [1.807, 2.05) is 24.3 Å². The van der Waals surface area contributed by atoms with Crippen molar-refractivity contribution in [2.24, 2.45) is 0 Å². The zero-order valence-electron chi connectivity index (χ0n) is 19.1. The van der Waals surface area contributed by atoms with E-state index in [4.69, 9.17) is 0 Å². The van der Waals surface area contributed by atoms with Crippen molar-refractivity contribution in [1.29, 1.82) is 0 Å². The average molecular weight is 480 g/mol. The highest BCUT2D eigenvalue weighted by Gasteiger charge is 2.33. The number of fused-ring (bicyclic) bond motifs is 1. The molecule has 3 rings (SSSR count). The smallest absolute Gasteiger partial charge is 0.325 e. The number of hydrogen-bond donors (Lipinski definition) is 1. The van der Waals surface area contributed by atoms with Gasteiger partial charge < -0.3 is 10.1 Å². The molecular formula is C23H30FN3O5S. The number of ether oxygens (including phenoxy) is 1. The van der Waals surface area contributed by atoms with E-state index in [0.717, 1.165) is 17.2 Å². The number of nitrogens with one attached hydrogen (secondary N) is 1. The molecule has 1 N–H and O–H groups in total. The molecule has 2 aromatic carbocycles. The van der Waals surface area contributed by atoms with Crippen LogP contribution in [-0.2, 0) is 24.3 Å². The molecule has 180 valence electrons. The van der Waals surface area contributed by atoms with Crippen LogP contribution in [-0.4, -0.2) is 75.1 Å². The normalized spacial score (nSPS) is 16.6. The number of carbonyl (C=O) groups is 2. The van der Waals surface area contributed by atoms with Gasteiger partial charge in [0.25, 0.3) is 0 Å². The predicted octanol–water partition coefficient (Wildman–Crippen LogP) is 2.06. The van der Waals surface area contributed by atoms with Crippen LogP contribution in [0.5, 0.6) is 0 Å². The first-order valence-corrected chi connectivity index (χ1v) is 12.7. The third-order valence-corrected chi connectivity index (χ3v) is 7.47. The van der Waals surface area contributed by atoms with Gasteiger partial charge in [-0.15, -0.1) is 0 Å². The molecule has 1 amide bonds. The van der Waals surface area contributed by atoms with Gasteiger partial charge in [0.05, 0.1) is 19.9 Å². The highest BCUT2D eigenvalue weighted by Crippen LogP contribution is 2.32. The second-order valence-electron chi connectivity index (χ2n) is 8.29. The number of rotatable bonds is 8. The molecule has 0 bridgehead atoms. The van der Waals surface area contributed by atoms with E-state index in [-0.39, 0.29) is 31.0 Å². The second-order valence-corrected chi connectivity index (χ2v) is 10.2. The second kappa shape index (κ2) is 10.6. The number of likely N-dealkylation sites (tertiary alicyclic amines) is 1. The highest BCUT2D eigenvalue weighted by molar-refractivity contribution is 7.88. The summed E-state index contributed by atoms with van der Waals surface area (Å²) in [7, 11) is -2.42. The molecule has 1 aliphatic heterocycles. The van der Waals surface area contributed by atoms with Gasteiger partial charge >= 0.3 is 5.97 Å². The van der Waals surface area contributed by atoms with E-state index < -0.39 is 21.9 Å². The fraction of sp³-hybridized carbons (Fsp3) is 0.478. The summed E-state index contributed by atoms with van der Waals surface area (Å²) in [6.45, 7) is 2.67. The van der Waals surface area contributed by atoms with E-state index in [0.29, 0.717) is 31.3 Å². The van der Waals surface area contributed by atoms with Crippen LogP contribution in [0.2, 0.25) is 0 Å². The van der Waals surface area contributed by atoms with Crippen LogP contribution in [0.3, 0.4) is 0 Å². The zero-order valence-corrected chi connectivity index (χ0v) is 19.9. The van der Waals surface area contributed by atoms with Crippen LogP contribution >= 0.6 is 0 Å². The molecule has 1 unspecified atom stereocenters. The minimum absolute atomic E-state index is 0.0199. The molecule has 1 fully saturated rings. The van der Waals surface area contributed by atoms with Crippen molar-refractivity contribution in [2.45, 2.75) is 31.8 Å². The monoisotopic (exact) mass is 479 g/mol. The molecule has 0 saturated carbocycles. The van der Waals surface area contributed by atoms with Crippen LogP contribution in [0.4, 0.5) is 4.39 Å². The maximum atomic E-state index is 14.2. The van der Waals surface area contributed by atoms with E-state index >= 15 is 0 Å². The summed E-state index contributed by atoms with van der Waals surface area (Å²) in [4.78, 5) is 25.7. The average Bonchev–Trinajstić information content (AvgIpc) is 2.80. The largest absolute Gasteiger partial charge is 0.468 e. The molecule has 1 heterocycles. The fourth-order valence-corrected chi connectivity index (χ4v) is 5.47. The van der Waals surface area contributed by atoms with Gasteiger partial charge in [0.1, 0.15) is 12.4 Å². The molecule has 1 aliphatic rings. The van der Waals surface area contributed by atoms with Crippen molar-refractivity contribution in [2.75, 3.05) is 39.5 Å². The van der Waals surface area contributed by atoms with Crippen molar-refractivity contribution in [3.05, 3.63) is 47.8 Å². The minimum Gasteiger partial charge on any atom is -0.468 e. The van der Waals surface area contributed by atoms with Crippen molar-refractivity contribution in [1.82, 2.24) is 14.5 Å². The van der Waals surface area contributed by atoms with E-state index in [2.05, 4.69) is 21.9 Å². The lowest BCUT2D eigenvalue weighted by Gasteiger charge is -2.39. The number of carbonyl (C=O) groups excluding carboxylic acids is 2. The Bertz CT molecular complexity index is 1120. The van der Waals surface area contributed by atoms with Crippen molar-refractivity contribution >= 4 is 32.7 Å². The molecule has 8 nitrogen and oxygen atoms in total.